The van der Waals surface area contributed by atoms with Crippen molar-refractivity contribution in [3.05, 3.63) is 53.2 Å². The Hall–Kier alpha value is -3.63. The minimum absolute atomic E-state index is 0.0908. The Balaban J connectivity index is 1.74. The number of aliphatic hydroxyl groups is 1. The molecule has 10 heteroatoms. The van der Waals surface area contributed by atoms with Crippen LogP contribution in [-0.2, 0) is 24.4 Å². The van der Waals surface area contributed by atoms with Crippen molar-refractivity contribution >= 4 is 22.1 Å². The second-order valence-electron chi connectivity index (χ2n) is 11.0. The predicted octanol–water partition coefficient (Wildman–Crippen LogP) is 3.97. The first-order valence-electron chi connectivity index (χ1n) is 13.1. The summed E-state index contributed by atoms with van der Waals surface area (Å²) in [6.45, 7) is 9.05. The maximum absolute atomic E-state index is 11.3. The summed E-state index contributed by atoms with van der Waals surface area (Å²) in [5.74, 6) is 0.287. The van der Waals surface area contributed by atoms with Gasteiger partial charge in [-0.05, 0) is 70.2 Å². The van der Waals surface area contributed by atoms with E-state index in [9.17, 15) is 5.11 Å². The lowest BCUT2D eigenvalue weighted by Crippen LogP contribution is -2.28. The van der Waals surface area contributed by atoms with E-state index in [4.69, 9.17) is 19.8 Å². The Labute approximate surface area is 221 Å². The van der Waals surface area contributed by atoms with Crippen molar-refractivity contribution < 1.29 is 9.84 Å². The number of aromatic nitrogens is 8. The van der Waals surface area contributed by atoms with Crippen LogP contribution in [0.15, 0.2) is 30.6 Å². The van der Waals surface area contributed by atoms with E-state index in [1.807, 2.05) is 44.2 Å². The summed E-state index contributed by atoms with van der Waals surface area (Å²) < 4.78 is 11.7. The van der Waals surface area contributed by atoms with E-state index in [0.29, 0.717) is 18.9 Å². The van der Waals surface area contributed by atoms with Gasteiger partial charge in [0.2, 0.25) is 0 Å². The predicted molar refractivity (Wildman–Crippen MR) is 145 cm³/mol. The summed E-state index contributed by atoms with van der Waals surface area (Å²) in [4.78, 5) is 9.87. The highest BCUT2D eigenvalue weighted by molar-refractivity contribution is 6.06. The molecule has 5 aromatic rings. The molecule has 0 aliphatic carbocycles. The van der Waals surface area contributed by atoms with E-state index in [-0.39, 0.29) is 12.0 Å². The van der Waals surface area contributed by atoms with Crippen molar-refractivity contribution in [3.8, 4) is 11.3 Å². The summed E-state index contributed by atoms with van der Waals surface area (Å²) in [5.41, 5.74) is 7.91. The molecule has 1 aliphatic rings. The SMILES string of the molecule is Cc1ccnc(C(C2CCOCC2)n2c3cc(-c4c(C)nnn4C)cnc3c3c2c(C(C)(C)O)nn3C)c1. The number of nitrogens with zero attached hydrogens (tertiary/aromatic N) is 8. The summed E-state index contributed by atoms with van der Waals surface area (Å²) in [6, 6.07) is 6.28. The van der Waals surface area contributed by atoms with Crippen LogP contribution >= 0.6 is 0 Å². The number of ether oxygens (including phenoxy) is 1. The molecule has 0 aromatic carbocycles. The highest BCUT2D eigenvalue weighted by Crippen LogP contribution is 2.43. The van der Waals surface area contributed by atoms with Gasteiger partial charge in [-0.2, -0.15) is 5.10 Å². The van der Waals surface area contributed by atoms with Crippen molar-refractivity contribution in [2.45, 2.75) is 52.2 Å². The Morgan fingerprint density at radius 3 is 2.47 bits per heavy atom. The molecule has 10 nitrogen and oxygen atoms in total. The van der Waals surface area contributed by atoms with Crippen LogP contribution in [0.25, 0.3) is 33.3 Å². The number of pyridine rings is 2. The van der Waals surface area contributed by atoms with Crippen LogP contribution in [0.5, 0.6) is 0 Å². The molecule has 5 aromatic heterocycles. The first kappa shape index (κ1) is 24.7. The van der Waals surface area contributed by atoms with Gasteiger partial charge in [-0.3, -0.25) is 14.6 Å². The molecular formula is C28H34N8O2. The summed E-state index contributed by atoms with van der Waals surface area (Å²) in [6.07, 6.45) is 5.59. The Morgan fingerprint density at radius 2 is 1.82 bits per heavy atom. The second-order valence-corrected chi connectivity index (χ2v) is 11.0. The fourth-order valence-corrected chi connectivity index (χ4v) is 5.97. The third-order valence-electron chi connectivity index (χ3n) is 7.69. The van der Waals surface area contributed by atoms with E-state index in [0.717, 1.165) is 63.1 Å². The zero-order valence-electron chi connectivity index (χ0n) is 22.8. The van der Waals surface area contributed by atoms with Crippen LogP contribution in [-0.4, -0.2) is 57.6 Å². The number of aryl methyl sites for hydroxylation is 4. The molecular weight excluding hydrogens is 480 g/mol. The molecule has 1 unspecified atom stereocenters. The van der Waals surface area contributed by atoms with Gasteiger partial charge in [-0.15, -0.1) is 5.10 Å². The highest BCUT2D eigenvalue weighted by Gasteiger charge is 2.36. The molecule has 6 rings (SSSR count). The first-order valence-corrected chi connectivity index (χ1v) is 13.1. The summed E-state index contributed by atoms with van der Waals surface area (Å²) >= 11 is 0. The number of rotatable bonds is 5. The highest BCUT2D eigenvalue weighted by atomic mass is 16.5. The van der Waals surface area contributed by atoms with E-state index >= 15 is 0 Å². The van der Waals surface area contributed by atoms with E-state index < -0.39 is 5.60 Å². The van der Waals surface area contributed by atoms with Gasteiger partial charge in [0.1, 0.15) is 22.3 Å². The fourth-order valence-electron chi connectivity index (χ4n) is 5.97. The molecule has 0 spiro atoms. The average Bonchev–Trinajstić information content (AvgIpc) is 3.51. The van der Waals surface area contributed by atoms with Gasteiger partial charge >= 0.3 is 0 Å². The zero-order valence-corrected chi connectivity index (χ0v) is 22.8. The van der Waals surface area contributed by atoms with Gasteiger partial charge < -0.3 is 14.4 Å². The summed E-state index contributed by atoms with van der Waals surface area (Å²) in [7, 11) is 3.81. The Morgan fingerprint density at radius 1 is 1.05 bits per heavy atom. The van der Waals surface area contributed by atoms with Crippen molar-refractivity contribution in [2.24, 2.45) is 20.0 Å². The minimum Gasteiger partial charge on any atom is -0.384 e. The lowest BCUT2D eigenvalue weighted by molar-refractivity contribution is 0.0542. The molecule has 1 saturated heterocycles. The van der Waals surface area contributed by atoms with Crippen LogP contribution in [0.3, 0.4) is 0 Å². The molecule has 0 bridgehead atoms. The number of hydrogen-bond donors (Lipinski definition) is 1. The van der Waals surface area contributed by atoms with Crippen molar-refractivity contribution in [2.75, 3.05) is 13.2 Å². The molecule has 1 fully saturated rings. The standard InChI is InChI=1S/C28H34N8O2/c1-16-7-10-29-20(13-16)24(18-8-11-38-12-9-18)36-21-14-19(23-17(2)31-33-35(23)6)15-30-22(21)25-26(36)27(28(3,4)37)32-34(25)5/h7,10,13-15,18,24,37H,8-9,11-12H2,1-6H3. The van der Waals surface area contributed by atoms with E-state index in [1.54, 1.807) is 18.5 Å². The smallest absolute Gasteiger partial charge is 0.118 e. The molecule has 1 atom stereocenters. The zero-order chi connectivity index (χ0) is 26.8. The normalized spacial score (nSPS) is 16.1. The van der Waals surface area contributed by atoms with Crippen molar-refractivity contribution in [3.63, 3.8) is 0 Å². The lowest BCUT2D eigenvalue weighted by atomic mass is 9.88. The van der Waals surface area contributed by atoms with Crippen LogP contribution in [0.1, 0.15) is 55.4 Å². The van der Waals surface area contributed by atoms with Gasteiger partial charge in [0.25, 0.3) is 0 Å². The molecule has 0 saturated carbocycles. The summed E-state index contributed by atoms with van der Waals surface area (Å²) in [5, 5.41) is 24.6. The molecule has 6 heterocycles. The molecule has 0 radical (unpaired) electrons. The third kappa shape index (κ3) is 3.90. The fraction of sp³-hybridized carbons (Fsp3) is 0.464. The quantitative estimate of drug-likeness (QED) is 0.378. The Kier molecular flexibility index (Phi) is 5.84. The van der Waals surface area contributed by atoms with Crippen LogP contribution in [0, 0.1) is 19.8 Å². The topological polar surface area (TPSA) is 109 Å². The maximum Gasteiger partial charge on any atom is 0.118 e. The largest absolute Gasteiger partial charge is 0.384 e. The molecule has 1 N–H and O–H groups in total. The lowest BCUT2D eigenvalue weighted by Gasteiger charge is -2.32. The van der Waals surface area contributed by atoms with E-state index in [2.05, 4.69) is 33.9 Å². The Bertz CT molecular complexity index is 1630. The minimum atomic E-state index is -1.16. The van der Waals surface area contributed by atoms with Crippen molar-refractivity contribution in [1.29, 1.82) is 0 Å². The van der Waals surface area contributed by atoms with Crippen LogP contribution in [0.2, 0.25) is 0 Å². The van der Waals surface area contributed by atoms with Gasteiger partial charge in [0.15, 0.2) is 0 Å². The van der Waals surface area contributed by atoms with Crippen LogP contribution < -0.4 is 0 Å². The molecule has 0 amide bonds. The maximum atomic E-state index is 11.3. The molecule has 38 heavy (non-hydrogen) atoms. The number of fused-ring (bicyclic) bond motifs is 3. The second kappa shape index (κ2) is 8.99. The molecule has 1 aliphatic heterocycles. The monoisotopic (exact) mass is 514 g/mol. The van der Waals surface area contributed by atoms with Gasteiger partial charge in [-0.25, -0.2) is 4.68 Å². The van der Waals surface area contributed by atoms with E-state index in [1.165, 1.54) is 0 Å². The average molecular weight is 515 g/mol. The first-order chi connectivity index (χ1) is 18.1. The number of hydrogen-bond acceptors (Lipinski definition) is 7. The van der Waals surface area contributed by atoms with Gasteiger partial charge in [-0.1, -0.05) is 5.21 Å². The van der Waals surface area contributed by atoms with Crippen molar-refractivity contribution in [1.82, 2.24) is 39.3 Å². The molecule has 198 valence electrons. The van der Waals surface area contributed by atoms with Gasteiger partial charge in [0, 0.05) is 45.3 Å². The van der Waals surface area contributed by atoms with Crippen LogP contribution in [0.4, 0.5) is 0 Å². The van der Waals surface area contributed by atoms with Gasteiger partial charge in [0.05, 0.1) is 34.2 Å². The third-order valence-corrected chi connectivity index (χ3v) is 7.69.